The molecule has 0 aliphatic carbocycles. The molecule has 0 aliphatic heterocycles. The molecule has 3 N–H and O–H groups in total. The molecule has 156 valence electrons. The molecule has 2 rings (SSSR count). The van der Waals surface area contributed by atoms with Crippen molar-refractivity contribution in [3.63, 3.8) is 0 Å². The average Bonchev–Trinajstić information content (AvgIpc) is 2.90. The molecule has 8 heteroatoms. The lowest BCUT2D eigenvalue weighted by Crippen LogP contribution is -2.43. The van der Waals surface area contributed by atoms with Crippen molar-refractivity contribution in [2.75, 3.05) is 25.5 Å². The average molecular weight is 499 g/mol. The quantitative estimate of drug-likeness (QED) is 0.214. The van der Waals surface area contributed by atoms with Gasteiger partial charge in [-0.2, -0.15) is 5.10 Å². The van der Waals surface area contributed by atoms with Gasteiger partial charge in [-0.3, -0.25) is 9.67 Å². The Hall–Kier alpha value is -1.84. The lowest BCUT2D eigenvalue weighted by molar-refractivity contribution is 0.628. The van der Waals surface area contributed by atoms with Crippen molar-refractivity contribution in [1.29, 1.82) is 0 Å². The van der Waals surface area contributed by atoms with E-state index in [0.29, 0.717) is 0 Å². The minimum atomic E-state index is 0. The second-order valence-electron chi connectivity index (χ2n) is 6.87. The number of aliphatic imine (C=N–C) groups is 1. The van der Waals surface area contributed by atoms with Crippen molar-refractivity contribution in [2.45, 2.75) is 46.1 Å². The maximum atomic E-state index is 4.50. The Morgan fingerprint density at radius 2 is 1.96 bits per heavy atom. The third-order valence-corrected chi connectivity index (χ3v) is 4.64. The maximum absolute atomic E-state index is 4.50. The summed E-state index contributed by atoms with van der Waals surface area (Å²) in [5.41, 5.74) is 3.64. The monoisotopic (exact) mass is 499 g/mol. The molecule has 0 fully saturated rings. The number of aryl methyl sites for hydroxylation is 2. The predicted octanol–water partition coefficient (Wildman–Crippen LogP) is 3.04. The Bertz CT molecular complexity index is 728. The number of halogens is 1. The van der Waals surface area contributed by atoms with E-state index < -0.39 is 0 Å². The topological polar surface area (TPSA) is 79.2 Å². The molecule has 2 heterocycles. The van der Waals surface area contributed by atoms with Crippen LogP contribution in [0.1, 0.15) is 36.7 Å². The van der Waals surface area contributed by atoms with Crippen LogP contribution in [0, 0.1) is 13.8 Å². The van der Waals surface area contributed by atoms with Crippen molar-refractivity contribution in [3.05, 3.63) is 41.3 Å². The van der Waals surface area contributed by atoms with E-state index in [9.17, 15) is 0 Å². The minimum absolute atomic E-state index is 0. The van der Waals surface area contributed by atoms with Gasteiger partial charge in [-0.25, -0.2) is 4.98 Å². The Balaban J connectivity index is 0.00000392. The molecule has 2 aromatic rings. The summed E-state index contributed by atoms with van der Waals surface area (Å²) in [6, 6.07) is 6.17. The molecule has 0 saturated heterocycles. The first-order valence-corrected chi connectivity index (χ1v) is 9.62. The summed E-state index contributed by atoms with van der Waals surface area (Å²) in [6.07, 6.45) is 4.87. The molecule has 0 radical (unpaired) electrons. The van der Waals surface area contributed by atoms with Crippen LogP contribution in [0.5, 0.6) is 0 Å². The Morgan fingerprint density at radius 1 is 1.21 bits per heavy atom. The van der Waals surface area contributed by atoms with Crippen molar-refractivity contribution in [3.8, 4) is 0 Å². The number of nitrogens with zero attached hydrogens (tertiary/aromatic N) is 4. The van der Waals surface area contributed by atoms with Gasteiger partial charge in [0.25, 0.3) is 0 Å². The molecule has 1 unspecified atom stereocenters. The van der Waals surface area contributed by atoms with Crippen LogP contribution < -0.4 is 16.0 Å². The SMILES string of the molecule is CN=C(NCCCCNc1ccccn1)NC(C)Cc1c(C)nn(C)c1C.I. The van der Waals surface area contributed by atoms with Gasteiger partial charge in [0.05, 0.1) is 5.69 Å². The second kappa shape index (κ2) is 12.6. The van der Waals surface area contributed by atoms with Crippen molar-refractivity contribution < 1.29 is 0 Å². The third-order valence-electron chi connectivity index (χ3n) is 4.64. The zero-order chi connectivity index (χ0) is 19.6. The normalized spacial score (nSPS) is 12.2. The van der Waals surface area contributed by atoms with Crippen LogP contribution in [-0.4, -0.2) is 46.9 Å². The predicted molar refractivity (Wildman–Crippen MR) is 128 cm³/mol. The first kappa shape index (κ1) is 24.2. The number of hydrogen-bond acceptors (Lipinski definition) is 4. The summed E-state index contributed by atoms with van der Waals surface area (Å²) in [6.45, 7) is 8.17. The molecule has 28 heavy (non-hydrogen) atoms. The van der Waals surface area contributed by atoms with Gasteiger partial charge in [-0.15, -0.1) is 24.0 Å². The number of aromatic nitrogens is 3. The van der Waals surface area contributed by atoms with E-state index in [1.54, 1.807) is 6.20 Å². The number of hydrogen-bond donors (Lipinski definition) is 3. The van der Waals surface area contributed by atoms with Gasteiger partial charge in [0.1, 0.15) is 5.82 Å². The number of pyridine rings is 1. The van der Waals surface area contributed by atoms with Crippen LogP contribution >= 0.6 is 24.0 Å². The molecule has 0 bridgehead atoms. The van der Waals surface area contributed by atoms with E-state index in [-0.39, 0.29) is 30.0 Å². The Morgan fingerprint density at radius 3 is 2.57 bits per heavy atom. The highest BCUT2D eigenvalue weighted by Crippen LogP contribution is 2.14. The lowest BCUT2D eigenvalue weighted by atomic mass is 10.1. The highest BCUT2D eigenvalue weighted by Gasteiger charge is 2.13. The van der Waals surface area contributed by atoms with Crippen LogP contribution in [0.4, 0.5) is 5.82 Å². The van der Waals surface area contributed by atoms with Crippen LogP contribution in [0.15, 0.2) is 29.4 Å². The summed E-state index contributed by atoms with van der Waals surface area (Å²) in [4.78, 5) is 8.59. The Kier molecular flexibility index (Phi) is 10.9. The summed E-state index contributed by atoms with van der Waals surface area (Å²) in [5, 5.41) is 14.7. The van der Waals surface area contributed by atoms with Gasteiger partial charge < -0.3 is 16.0 Å². The summed E-state index contributed by atoms with van der Waals surface area (Å²) in [7, 11) is 3.80. The zero-order valence-electron chi connectivity index (χ0n) is 17.6. The number of nitrogens with one attached hydrogen (secondary N) is 3. The molecule has 0 saturated carbocycles. The van der Waals surface area contributed by atoms with E-state index in [1.807, 2.05) is 37.0 Å². The number of anilines is 1. The molecular formula is C20H34IN7. The summed E-state index contributed by atoms with van der Waals surface area (Å²) >= 11 is 0. The number of guanidine groups is 1. The molecule has 0 aliphatic rings. The van der Waals surface area contributed by atoms with Gasteiger partial charge in [-0.05, 0) is 57.7 Å². The van der Waals surface area contributed by atoms with Gasteiger partial charge in [0, 0.05) is 45.1 Å². The van der Waals surface area contributed by atoms with E-state index in [2.05, 4.69) is 51.8 Å². The zero-order valence-corrected chi connectivity index (χ0v) is 19.9. The molecule has 1 atom stereocenters. The van der Waals surface area contributed by atoms with Crippen molar-refractivity contribution in [1.82, 2.24) is 25.4 Å². The fraction of sp³-hybridized carbons (Fsp3) is 0.550. The summed E-state index contributed by atoms with van der Waals surface area (Å²) < 4.78 is 1.95. The van der Waals surface area contributed by atoms with Crippen LogP contribution in [0.3, 0.4) is 0 Å². The number of unbranched alkanes of at least 4 members (excludes halogenated alkanes) is 1. The molecule has 7 nitrogen and oxygen atoms in total. The molecule has 0 aromatic carbocycles. The van der Waals surface area contributed by atoms with Gasteiger partial charge in [0.15, 0.2) is 5.96 Å². The van der Waals surface area contributed by atoms with Crippen LogP contribution in [0.2, 0.25) is 0 Å². The molecular weight excluding hydrogens is 465 g/mol. The largest absolute Gasteiger partial charge is 0.370 e. The fourth-order valence-corrected chi connectivity index (χ4v) is 3.04. The standard InChI is InChI=1S/C20H33N7.HI/c1-15(14-18-16(2)26-27(5)17(18)3)25-20(21-4)24-13-9-8-12-23-19-10-6-7-11-22-19;/h6-7,10-11,15H,8-9,12-14H2,1-5H3,(H,22,23)(H2,21,24,25);1H. The van der Waals surface area contributed by atoms with Crippen molar-refractivity contribution in [2.24, 2.45) is 12.0 Å². The lowest BCUT2D eigenvalue weighted by Gasteiger charge is -2.18. The maximum Gasteiger partial charge on any atom is 0.191 e. The van der Waals surface area contributed by atoms with Gasteiger partial charge in [0.2, 0.25) is 0 Å². The molecule has 0 spiro atoms. The first-order valence-electron chi connectivity index (χ1n) is 9.62. The van der Waals surface area contributed by atoms with Gasteiger partial charge in [-0.1, -0.05) is 6.07 Å². The van der Waals surface area contributed by atoms with Crippen molar-refractivity contribution >= 4 is 35.8 Å². The van der Waals surface area contributed by atoms with E-state index in [1.165, 1.54) is 11.3 Å². The van der Waals surface area contributed by atoms with E-state index >= 15 is 0 Å². The molecule has 0 amide bonds. The molecule has 2 aromatic heterocycles. The van der Waals surface area contributed by atoms with E-state index in [4.69, 9.17) is 0 Å². The number of rotatable bonds is 9. The Labute approximate surface area is 185 Å². The highest BCUT2D eigenvalue weighted by molar-refractivity contribution is 14.0. The van der Waals surface area contributed by atoms with Crippen LogP contribution in [-0.2, 0) is 13.5 Å². The fourth-order valence-electron chi connectivity index (χ4n) is 3.04. The highest BCUT2D eigenvalue weighted by atomic mass is 127. The first-order chi connectivity index (χ1) is 13.0. The summed E-state index contributed by atoms with van der Waals surface area (Å²) in [5.74, 6) is 1.78. The smallest absolute Gasteiger partial charge is 0.191 e. The van der Waals surface area contributed by atoms with Gasteiger partial charge >= 0.3 is 0 Å². The minimum Gasteiger partial charge on any atom is -0.370 e. The van der Waals surface area contributed by atoms with Crippen LogP contribution in [0.25, 0.3) is 0 Å². The second-order valence-corrected chi connectivity index (χ2v) is 6.87. The van der Waals surface area contributed by atoms with E-state index in [0.717, 1.165) is 49.8 Å². The third kappa shape index (κ3) is 7.65.